The van der Waals surface area contributed by atoms with Gasteiger partial charge in [-0.3, -0.25) is 4.90 Å². The molecule has 1 atom stereocenters. The topological polar surface area (TPSA) is 18.5 Å². The number of anilines is 1. The van der Waals surface area contributed by atoms with Gasteiger partial charge in [-0.25, -0.2) is 0 Å². The number of hydrogen-bond donors (Lipinski definition) is 1. The molecule has 1 N–H and O–H groups in total. The van der Waals surface area contributed by atoms with E-state index in [1.807, 2.05) is 0 Å². The average molecular weight is 245 g/mol. The Labute approximate surface area is 110 Å². The molecule has 3 rings (SSSR count). The highest BCUT2D eigenvalue weighted by molar-refractivity contribution is 5.55. The third-order valence-corrected chi connectivity index (χ3v) is 4.25. The second kappa shape index (κ2) is 4.90. The Balaban J connectivity index is 1.77. The molecule has 0 aromatic heterocycles. The summed E-state index contributed by atoms with van der Waals surface area (Å²) in [6.45, 7) is 11.4. The highest BCUT2D eigenvalue weighted by Gasteiger charge is 2.29. The van der Waals surface area contributed by atoms with Crippen LogP contribution >= 0.6 is 0 Å². The standard InChI is InChI=1S/C15H23N3/c1-12-3-4-15(13(2)9-12)18-8-7-17-6-5-16-10-14(17)11-18/h3-4,9,14,16H,5-8,10-11H2,1-2H3. The minimum atomic E-state index is 0.688. The van der Waals surface area contributed by atoms with Crippen molar-refractivity contribution in [1.82, 2.24) is 10.2 Å². The van der Waals surface area contributed by atoms with Gasteiger partial charge in [0.1, 0.15) is 0 Å². The molecule has 1 aromatic rings. The van der Waals surface area contributed by atoms with Gasteiger partial charge < -0.3 is 10.2 Å². The molecule has 2 saturated heterocycles. The number of nitrogens with one attached hydrogen (secondary N) is 1. The lowest BCUT2D eigenvalue weighted by Gasteiger charge is -2.45. The fourth-order valence-corrected chi connectivity index (χ4v) is 3.25. The van der Waals surface area contributed by atoms with Gasteiger partial charge in [-0.15, -0.1) is 0 Å². The minimum Gasteiger partial charge on any atom is -0.368 e. The predicted molar refractivity (Wildman–Crippen MR) is 76.4 cm³/mol. The summed E-state index contributed by atoms with van der Waals surface area (Å²) in [5.74, 6) is 0. The molecule has 0 spiro atoms. The maximum atomic E-state index is 3.51. The van der Waals surface area contributed by atoms with Gasteiger partial charge in [0.15, 0.2) is 0 Å². The monoisotopic (exact) mass is 245 g/mol. The summed E-state index contributed by atoms with van der Waals surface area (Å²) in [6.07, 6.45) is 0. The highest BCUT2D eigenvalue weighted by Crippen LogP contribution is 2.24. The van der Waals surface area contributed by atoms with Gasteiger partial charge in [0.05, 0.1) is 0 Å². The first kappa shape index (κ1) is 12.0. The van der Waals surface area contributed by atoms with E-state index in [1.165, 1.54) is 36.4 Å². The van der Waals surface area contributed by atoms with Crippen molar-refractivity contribution in [3.05, 3.63) is 29.3 Å². The number of hydrogen-bond acceptors (Lipinski definition) is 3. The van der Waals surface area contributed by atoms with Gasteiger partial charge in [0.25, 0.3) is 0 Å². The van der Waals surface area contributed by atoms with Crippen molar-refractivity contribution >= 4 is 5.69 Å². The molecule has 98 valence electrons. The fraction of sp³-hybridized carbons (Fsp3) is 0.600. The normalized spacial score (nSPS) is 25.0. The second-order valence-electron chi connectivity index (χ2n) is 5.63. The first-order chi connectivity index (χ1) is 8.74. The third kappa shape index (κ3) is 2.25. The van der Waals surface area contributed by atoms with Crippen LogP contribution in [0.15, 0.2) is 18.2 Å². The van der Waals surface area contributed by atoms with E-state index in [-0.39, 0.29) is 0 Å². The zero-order valence-electron chi connectivity index (χ0n) is 11.4. The molecule has 2 fully saturated rings. The Kier molecular flexibility index (Phi) is 3.27. The van der Waals surface area contributed by atoms with Gasteiger partial charge in [-0.2, -0.15) is 0 Å². The summed E-state index contributed by atoms with van der Waals surface area (Å²) < 4.78 is 0. The Bertz CT molecular complexity index is 430. The number of aryl methyl sites for hydroxylation is 2. The van der Waals surface area contributed by atoms with Crippen LogP contribution in [0.3, 0.4) is 0 Å². The molecule has 1 unspecified atom stereocenters. The van der Waals surface area contributed by atoms with E-state index in [9.17, 15) is 0 Å². The summed E-state index contributed by atoms with van der Waals surface area (Å²) >= 11 is 0. The maximum Gasteiger partial charge on any atom is 0.0397 e. The molecule has 0 radical (unpaired) electrons. The molecule has 0 bridgehead atoms. The van der Waals surface area contributed by atoms with Crippen LogP contribution in [0.4, 0.5) is 5.69 Å². The molecule has 0 aliphatic carbocycles. The van der Waals surface area contributed by atoms with E-state index in [0.717, 1.165) is 19.6 Å². The lowest BCUT2D eigenvalue weighted by molar-refractivity contribution is 0.146. The fourth-order valence-electron chi connectivity index (χ4n) is 3.25. The SMILES string of the molecule is Cc1ccc(N2CCN3CCNCC3C2)c(C)c1. The van der Waals surface area contributed by atoms with Crippen molar-refractivity contribution in [1.29, 1.82) is 0 Å². The number of rotatable bonds is 1. The van der Waals surface area contributed by atoms with Gasteiger partial charge in [0, 0.05) is 51.0 Å². The van der Waals surface area contributed by atoms with E-state index in [2.05, 4.69) is 47.2 Å². The largest absolute Gasteiger partial charge is 0.368 e. The van der Waals surface area contributed by atoms with Crippen molar-refractivity contribution in [2.45, 2.75) is 19.9 Å². The van der Waals surface area contributed by atoms with E-state index in [1.54, 1.807) is 0 Å². The number of fused-ring (bicyclic) bond motifs is 1. The summed E-state index contributed by atoms with van der Waals surface area (Å²) in [6, 6.07) is 7.50. The first-order valence-corrected chi connectivity index (χ1v) is 7.01. The quantitative estimate of drug-likeness (QED) is 0.807. The Morgan fingerprint density at radius 3 is 2.89 bits per heavy atom. The van der Waals surface area contributed by atoms with Gasteiger partial charge in [0.2, 0.25) is 0 Å². The van der Waals surface area contributed by atoms with Crippen molar-refractivity contribution in [2.24, 2.45) is 0 Å². The summed E-state index contributed by atoms with van der Waals surface area (Å²) in [7, 11) is 0. The van der Waals surface area contributed by atoms with Crippen LogP contribution in [-0.4, -0.2) is 50.2 Å². The number of benzene rings is 1. The molecule has 2 heterocycles. The van der Waals surface area contributed by atoms with Crippen LogP contribution in [0.2, 0.25) is 0 Å². The van der Waals surface area contributed by atoms with E-state index in [0.29, 0.717) is 6.04 Å². The highest BCUT2D eigenvalue weighted by atomic mass is 15.3. The third-order valence-electron chi connectivity index (χ3n) is 4.25. The molecular formula is C15H23N3. The molecule has 0 saturated carbocycles. The molecule has 0 amide bonds. The van der Waals surface area contributed by atoms with Crippen LogP contribution in [0.25, 0.3) is 0 Å². The molecule has 2 aliphatic rings. The lowest BCUT2D eigenvalue weighted by atomic mass is 10.1. The molecule has 18 heavy (non-hydrogen) atoms. The minimum absolute atomic E-state index is 0.688. The smallest absolute Gasteiger partial charge is 0.0397 e. The summed E-state index contributed by atoms with van der Waals surface area (Å²) in [5, 5.41) is 3.51. The maximum absolute atomic E-state index is 3.51. The van der Waals surface area contributed by atoms with Gasteiger partial charge in [-0.05, 0) is 25.5 Å². The zero-order chi connectivity index (χ0) is 12.5. The number of nitrogens with zero attached hydrogens (tertiary/aromatic N) is 2. The van der Waals surface area contributed by atoms with Gasteiger partial charge in [-0.1, -0.05) is 17.7 Å². The van der Waals surface area contributed by atoms with Crippen LogP contribution in [0.5, 0.6) is 0 Å². The van der Waals surface area contributed by atoms with Crippen LogP contribution in [0.1, 0.15) is 11.1 Å². The van der Waals surface area contributed by atoms with E-state index in [4.69, 9.17) is 0 Å². The van der Waals surface area contributed by atoms with Crippen molar-refractivity contribution in [3.8, 4) is 0 Å². The first-order valence-electron chi connectivity index (χ1n) is 7.01. The van der Waals surface area contributed by atoms with Crippen molar-refractivity contribution < 1.29 is 0 Å². The second-order valence-corrected chi connectivity index (χ2v) is 5.63. The molecule has 3 heteroatoms. The molecular weight excluding hydrogens is 222 g/mol. The van der Waals surface area contributed by atoms with Crippen molar-refractivity contribution in [2.75, 3.05) is 44.2 Å². The number of piperazine rings is 2. The van der Waals surface area contributed by atoms with Crippen LogP contribution < -0.4 is 10.2 Å². The van der Waals surface area contributed by atoms with Crippen LogP contribution in [-0.2, 0) is 0 Å². The summed E-state index contributed by atoms with van der Waals surface area (Å²) in [5.41, 5.74) is 4.19. The Morgan fingerprint density at radius 1 is 1.17 bits per heavy atom. The van der Waals surface area contributed by atoms with Crippen molar-refractivity contribution in [3.63, 3.8) is 0 Å². The molecule has 1 aromatic carbocycles. The Hall–Kier alpha value is -1.06. The Morgan fingerprint density at radius 2 is 2.06 bits per heavy atom. The molecule has 2 aliphatic heterocycles. The van der Waals surface area contributed by atoms with E-state index < -0.39 is 0 Å². The van der Waals surface area contributed by atoms with E-state index >= 15 is 0 Å². The average Bonchev–Trinajstić information content (AvgIpc) is 2.38. The predicted octanol–water partition coefficient (Wildman–Crippen LogP) is 1.40. The zero-order valence-corrected chi connectivity index (χ0v) is 11.4. The van der Waals surface area contributed by atoms with Crippen LogP contribution in [0, 0.1) is 13.8 Å². The lowest BCUT2D eigenvalue weighted by Crippen LogP contribution is -2.61. The van der Waals surface area contributed by atoms with Gasteiger partial charge >= 0.3 is 0 Å². The molecule has 3 nitrogen and oxygen atoms in total. The summed E-state index contributed by atoms with van der Waals surface area (Å²) in [4.78, 5) is 5.19.